The van der Waals surface area contributed by atoms with Crippen molar-refractivity contribution in [2.24, 2.45) is 0 Å². The van der Waals surface area contributed by atoms with Crippen LogP contribution in [0.25, 0.3) is 0 Å². The molecule has 0 atom stereocenters. The SMILES string of the molecule is Cc1nccc(N2CCN(C(=O)Nc3cscc3C)CC2)n1. The van der Waals surface area contributed by atoms with Crippen LogP contribution >= 0.6 is 11.3 Å². The summed E-state index contributed by atoms with van der Waals surface area (Å²) in [4.78, 5) is 24.9. The first-order chi connectivity index (χ1) is 10.6. The molecule has 1 N–H and O–H groups in total. The lowest BCUT2D eigenvalue weighted by molar-refractivity contribution is 0.208. The first kappa shape index (κ1) is 14.8. The fourth-order valence-corrected chi connectivity index (χ4v) is 3.22. The van der Waals surface area contributed by atoms with E-state index in [1.807, 2.05) is 35.6 Å². The van der Waals surface area contributed by atoms with Crippen LogP contribution in [-0.4, -0.2) is 47.1 Å². The first-order valence-corrected chi connectivity index (χ1v) is 8.21. The van der Waals surface area contributed by atoms with Gasteiger partial charge in [0.2, 0.25) is 0 Å². The summed E-state index contributed by atoms with van der Waals surface area (Å²) in [5.41, 5.74) is 2.01. The highest BCUT2D eigenvalue weighted by Gasteiger charge is 2.22. The number of nitrogens with one attached hydrogen (secondary N) is 1. The van der Waals surface area contributed by atoms with Crippen molar-refractivity contribution in [2.45, 2.75) is 13.8 Å². The van der Waals surface area contributed by atoms with Gasteiger partial charge in [0, 0.05) is 37.8 Å². The highest BCUT2D eigenvalue weighted by molar-refractivity contribution is 7.08. The predicted octanol–water partition coefficient (Wildman–Crippen LogP) is 2.51. The van der Waals surface area contributed by atoms with Crippen molar-refractivity contribution < 1.29 is 4.79 Å². The van der Waals surface area contributed by atoms with Crippen molar-refractivity contribution in [3.05, 3.63) is 34.4 Å². The van der Waals surface area contributed by atoms with Crippen LogP contribution in [0, 0.1) is 13.8 Å². The zero-order valence-corrected chi connectivity index (χ0v) is 13.6. The molecule has 3 heterocycles. The van der Waals surface area contributed by atoms with Gasteiger partial charge in [0.1, 0.15) is 11.6 Å². The smallest absolute Gasteiger partial charge is 0.321 e. The van der Waals surface area contributed by atoms with Gasteiger partial charge in [-0.3, -0.25) is 0 Å². The van der Waals surface area contributed by atoms with Crippen molar-refractivity contribution >= 4 is 28.9 Å². The maximum Gasteiger partial charge on any atom is 0.321 e. The summed E-state index contributed by atoms with van der Waals surface area (Å²) in [6.45, 7) is 6.84. The molecule has 0 aromatic carbocycles. The molecule has 1 saturated heterocycles. The van der Waals surface area contributed by atoms with Gasteiger partial charge in [-0.15, -0.1) is 11.3 Å². The molecule has 2 amide bonds. The monoisotopic (exact) mass is 317 g/mol. The molecule has 1 fully saturated rings. The van der Waals surface area contributed by atoms with E-state index in [0.717, 1.165) is 36.0 Å². The van der Waals surface area contributed by atoms with Crippen molar-refractivity contribution in [2.75, 3.05) is 36.4 Å². The number of thiophene rings is 1. The molecule has 0 saturated carbocycles. The van der Waals surface area contributed by atoms with E-state index >= 15 is 0 Å². The summed E-state index contributed by atoms with van der Waals surface area (Å²) in [6, 6.07) is 1.89. The number of hydrogen-bond acceptors (Lipinski definition) is 5. The molecule has 1 aliphatic rings. The number of urea groups is 1. The van der Waals surface area contributed by atoms with Crippen molar-refractivity contribution in [3.8, 4) is 0 Å². The van der Waals surface area contributed by atoms with E-state index in [4.69, 9.17) is 0 Å². The summed E-state index contributed by atoms with van der Waals surface area (Å²) in [7, 11) is 0. The Morgan fingerprint density at radius 2 is 2.00 bits per heavy atom. The maximum atomic E-state index is 12.3. The number of hydrogen-bond donors (Lipinski definition) is 1. The van der Waals surface area contributed by atoms with Crippen LogP contribution < -0.4 is 10.2 Å². The van der Waals surface area contributed by atoms with Crippen LogP contribution in [0.15, 0.2) is 23.0 Å². The Kier molecular flexibility index (Phi) is 4.24. The fourth-order valence-electron chi connectivity index (χ4n) is 2.44. The fraction of sp³-hybridized carbons (Fsp3) is 0.400. The molecule has 22 heavy (non-hydrogen) atoms. The zero-order valence-electron chi connectivity index (χ0n) is 12.7. The van der Waals surface area contributed by atoms with E-state index in [9.17, 15) is 4.79 Å². The van der Waals surface area contributed by atoms with E-state index in [1.165, 1.54) is 0 Å². The number of aromatic nitrogens is 2. The molecule has 0 bridgehead atoms. The molecule has 0 spiro atoms. The number of carbonyl (C=O) groups is 1. The normalized spacial score (nSPS) is 15.0. The highest BCUT2D eigenvalue weighted by atomic mass is 32.1. The van der Waals surface area contributed by atoms with Crippen LogP contribution in [-0.2, 0) is 0 Å². The Bertz CT molecular complexity index is 663. The summed E-state index contributed by atoms with van der Waals surface area (Å²) < 4.78 is 0. The summed E-state index contributed by atoms with van der Waals surface area (Å²) >= 11 is 1.60. The van der Waals surface area contributed by atoms with Crippen molar-refractivity contribution in [1.29, 1.82) is 0 Å². The highest BCUT2D eigenvalue weighted by Crippen LogP contribution is 2.20. The minimum absolute atomic E-state index is 0.0278. The summed E-state index contributed by atoms with van der Waals surface area (Å²) in [5, 5.41) is 6.98. The van der Waals surface area contributed by atoms with Crippen LogP contribution in [0.3, 0.4) is 0 Å². The number of carbonyl (C=O) groups excluding carboxylic acids is 1. The van der Waals surface area contributed by atoms with E-state index in [1.54, 1.807) is 17.5 Å². The molecule has 7 heteroatoms. The minimum atomic E-state index is -0.0278. The molecule has 0 aliphatic carbocycles. The van der Waals surface area contributed by atoms with Gasteiger partial charge >= 0.3 is 6.03 Å². The third kappa shape index (κ3) is 3.19. The Balaban J connectivity index is 1.57. The molecule has 116 valence electrons. The van der Waals surface area contributed by atoms with E-state index in [0.29, 0.717) is 13.1 Å². The van der Waals surface area contributed by atoms with E-state index in [2.05, 4.69) is 20.2 Å². The van der Waals surface area contributed by atoms with Crippen molar-refractivity contribution in [1.82, 2.24) is 14.9 Å². The van der Waals surface area contributed by atoms with Crippen LogP contribution in [0.2, 0.25) is 0 Å². The topological polar surface area (TPSA) is 61.4 Å². The van der Waals surface area contributed by atoms with Crippen LogP contribution in [0.1, 0.15) is 11.4 Å². The quantitative estimate of drug-likeness (QED) is 0.924. The second-order valence-corrected chi connectivity index (χ2v) is 6.08. The molecule has 0 unspecified atom stereocenters. The lowest BCUT2D eigenvalue weighted by Gasteiger charge is -2.35. The molecule has 3 rings (SSSR count). The van der Waals surface area contributed by atoms with Gasteiger partial charge < -0.3 is 15.1 Å². The van der Waals surface area contributed by atoms with Gasteiger partial charge in [0.25, 0.3) is 0 Å². The Morgan fingerprint density at radius 1 is 1.23 bits per heavy atom. The van der Waals surface area contributed by atoms with Gasteiger partial charge in [-0.1, -0.05) is 0 Å². The average Bonchev–Trinajstić information content (AvgIpc) is 2.92. The third-order valence-electron chi connectivity index (χ3n) is 3.75. The van der Waals surface area contributed by atoms with Gasteiger partial charge in [-0.25, -0.2) is 14.8 Å². The first-order valence-electron chi connectivity index (χ1n) is 7.27. The predicted molar refractivity (Wildman–Crippen MR) is 88.6 cm³/mol. The number of amides is 2. The van der Waals surface area contributed by atoms with Gasteiger partial charge in [-0.05, 0) is 30.9 Å². The minimum Gasteiger partial charge on any atom is -0.353 e. The lowest BCUT2D eigenvalue weighted by Crippen LogP contribution is -2.50. The number of nitrogens with zero attached hydrogens (tertiary/aromatic N) is 4. The van der Waals surface area contributed by atoms with Crippen LogP contribution in [0.5, 0.6) is 0 Å². The number of anilines is 2. The van der Waals surface area contributed by atoms with E-state index in [-0.39, 0.29) is 6.03 Å². The average molecular weight is 317 g/mol. The Morgan fingerprint density at radius 3 is 2.64 bits per heavy atom. The molecule has 0 radical (unpaired) electrons. The molecular weight excluding hydrogens is 298 g/mol. The summed E-state index contributed by atoms with van der Waals surface area (Å²) in [6.07, 6.45) is 1.77. The Hall–Kier alpha value is -2.15. The van der Waals surface area contributed by atoms with E-state index < -0.39 is 0 Å². The summed E-state index contributed by atoms with van der Waals surface area (Å²) in [5.74, 6) is 1.70. The number of aryl methyl sites for hydroxylation is 2. The third-order valence-corrected chi connectivity index (χ3v) is 4.61. The standard InChI is InChI=1S/C15H19N5OS/c1-11-9-22-10-13(11)18-15(21)20-7-5-19(6-8-20)14-3-4-16-12(2)17-14/h3-4,9-10H,5-8H2,1-2H3,(H,18,21). The van der Waals surface area contributed by atoms with Gasteiger partial charge in [-0.2, -0.15) is 0 Å². The molecule has 1 aliphatic heterocycles. The van der Waals surface area contributed by atoms with Gasteiger partial charge in [0.05, 0.1) is 5.69 Å². The second-order valence-electron chi connectivity index (χ2n) is 5.33. The molecule has 2 aromatic heterocycles. The number of piperazine rings is 1. The molecular formula is C15H19N5OS. The largest absolute Gasteiger partial charge is 0.353 e. The zero-order chi connectivity index (χ0) is 15.5. The Labute approximate surface area is 133 Å². The second kappa shape index (κ2) is 6.31. The molecule has 2 aromatic rings. The lowest BCUT2D eigenvalue weighted by atomic mass is 10.3. The van der Waals surface area contributed by atoms with Crippen molar-refractivity contribution in [3.63, 3.8) is 0 Å². The number of rotatable bonds is 2. The molecule has 6 nitrogen and oxygen atoms in total. The van der Waals surface area contributed by atoms with Crippen LogP contribution in [0.4, 0.5) is 16.3 Å². The maximum absolute atomic E-state index is 12.3. The van der Waals surface area contributed by atoms with Gasteiger partial charge in [0.15, 0.2) is 0 Å².